The van der Waals surface area contributed by atoms with Crippen molar-refractivity contribution in [3.63, 3.8) is 0 Å². The first-order valence-corrected chi connectivity index (χ1v) is 15.2. The Morgan fingerprint density at radius 2 is 1.11 bits per heavy atom. The standard InChI is InChI=1S/C20H22N3O.C17H16N3O/c1-13-10-18-15(21-12-24-18)11-14(13)19-22(5)16-8-6-7-9-17(16)23(19)20(2,3)4;1-11-8-16-13(18-10-21-16)9-12(11)17-19(2)14-6-4-5-7-15(14)20(17)3/h6-12H,1-5H3;4-10H,1-3H3/q2*+1. The number of hydrogen-bond donors (Lipinski definition) is 0. The van der Waals surface area contributed by atoms with E-state index in [4.69, 9.17) is 8.83 Å². The predicted octanol–water partition coefficient (Wildman–Crippen LogP) is 7.46. The Hall–Kier alpha value is -5.24. The molecule has 4 heterocycles. The molecule has 0 bridgehead atoms. The molecule has 226 valence electrons. The van der Waals surface area contributed by atoms with Gasteiger partial charge < -0.3 is 8.83 Å². The Labute approximate surface area is 261 Å². The smallest absolute Gasteiger partial charge is 0.290 e. The van der Waals surface area contributed by atoms with E-state index >= 15 is 0 Å². The summed E-state index contributed by atoms with van der Waals surface area (Å²) in [6.45, 7) is 11.0. The van der Waals surface area contributed by atoms with Gasteiger partial charge in [0.1, 0.15) is 16.6 Å². The average molecular weight is 599 g/mol. The highest BCUT2D eigenvalue weighted by molar-refractivity contribution is 5.84. The van der Waals surface area contributed by atoms with E-state index in [1.165, 1.54) is 68.8 Å². The minimum absolute atomic E-state index is 0.0403. The number of imidazole rings is 2. The number of aryl methyl sites for hydroxylation is 5. The molecule has 8 nitrogen and oxygen atoms in total. The largest absolute Gasteiger partial charge is 0.443 e. The van der Waals surface area contributed by atoms with E-state index in [0.717, 1.165) is 22.2 Å². The maximum atomic E-state index is 5.45. The van der Waals surface area contributed by atoms with E-state index in [1.54, 1.807) is 0 Å². The molecule has 0 N–H and O–H groups in total. The molecule has 0 unspecified atom stereocenters. The molecule has 4 aromatic carbocycles. The lowest BCUT2D eigenvalue weighted by molar-refractivity contribution is -0.634. The van der Waals surface area contributed by atoms with Crippen molar-refractivity contribution in [2.45, 2.75) is 40.2 Å². The van der Waals surface area contributed by atoms with Crippen molar-refractivity contribution < 1.29 is 18.0 Å². The Bertz CT molecular complexity index is 2340. The highest BCUT2D eigenvalue weighted by Gasteiger charge is 2.33. The first-order chi connectivity index (χ1) is 21.5. The Balaban J connectivity index is 0.000000146. The molecule has 0 atom stereocenters. The topological polar surface area (TPSA) is 69.7 Å². The molecule has 8 aromatic rings. The van der Waals surface area contributed by atoms with Gasteiger partial charge in [-0.1, -0.05) is 24.3 Å². The number of benzene rings is 4. The van der Waals surface area contributed by atoms with Crippen LogP contribution in [-0.2, 0) is 26.7 Å². The van der Waals surface area contributed by atoms with Gasteiger partial charge in [0, 0.05) is 0 Å². The second-order valence-electron chi connectivity index (χ2n) is 12.8. The summed E-state index contributed by atoms with van der Waals surface area (Å²) in [5.41, 5.74) is 13.0. The van der Waals surface area contributed by atoms with Crippen LogP contribution in [0.4, 0.5) is 0 Å². The third-order valence-corrected chi connectivity index (χ3v) is 8.76. The zero-order valence-corrected chi connectivity index (χ0v) is 27.1. The molecule has 0 amide bonds. The summed E-state index contributed by atoms with van der Waals surface area (Å²) < 4.78 is 20.0. The van der Waals surface area contributed by atoms with Crippen molar-refractivity contribution in [3.8, 4) is 22.8 Å². The molecular weight excluding hydrogens is 560 g/mol. The fourth-order valence-corrected chi connectivity index (χ4v) is 6.63. The van der Waals surface area contributed by atoms with E-state index in [2.05, 4.69) is 157 Å². The van der Waals surface area contributed by atoms with Gasteiger partial charge in [0.05, 0.1) is 32.3 Å². The van der Waals surface area contributed by atoms with Gasteiger partial charge in [0.2, 0.25) is 0 Å². The van der Waals surface area contributed by atoms with Gasteiger partial charge in [-0.2, -0.15) is 0 Å². The summed E-state index contributed by atoms with van der Waals surface area (Å²) in [5, 5.41) is 0. The van der Waals surface area contributed by atoms with Crippen LogP contribution in [0, 0.1) is 13.8 Å². The van der Waals surface area contributed by atoms with E-state index in [9.17, 15) is 0 Å². The minimum atomic E-state index is -0.0403. The molecule has 0 saturated carbocycles. The van der Waals surface area contributed by atoms with Gasteiger partial charge in [0.25, 0.3) is 11.6 Å². The molecule has 8 rings (SSSR count). The number of aromatic nitrogens is 6. The monoisotopic (exact) mass is 598 g/mol. The number of fused-ring (bicyclic) bond motifs is 4. The molecule has 8 heteroatoms. The average Bonchev–Trinajstić information content (AvgIpc) is 3.78. The van der Waals surface area contributed by atoms with Crippen molar-refractivity contribution in [1.82, 2.24) is 19.1 Å². The summed E-state index contributed by atoms with van der Waals surface area (Å²) in [6, 6.07) is 25.3. The molecule has 0 aliphatic carbocycles. The lowest BCUT2D eigenvalue weighted by Gasteiger charge is -2.18. The highest BCUT2D eigenvalue weighted by Crippen LogP contribution is 2.33. The van der Waals surface area contributed by atoms with Gasteiger partial charge in [-0.25, -0.2) is 28.2 Å². The van der Waals surface area contributed by atoms with E-state index in [-0.39, 0.29) is 5.54 Å². The zero-order chi connectivity index (χ0) is 31.6. The van der Waals surface area contributed by atoms with Gasteiger partial charge >= 0.3 is 0 Å². The van der Waals surface area contributed by atoms with Crippen LogP contribution in [0.25, 0.3) is 67.0 Å². The van der Waals surface area contributed by atoms with Crippen molar-refractivity contribution in [2.75, 3.05) is 0 Å². The Morgan fingerprint density at radius 3 is 1.64 bits per heavy atom. The fraction of sp³-hybridized carbons (Fsp3) is 0.243. The van der Waals surface area contributed by atoms with Gasteiger partial charge in [0.15, 0.2) is 46.0 Å². The molecule has 0 fully saturated rings. The van der Waals surface area contributed by atoms with Crippen LogP contribution in [0.3, 0.4) is 0 Å². The Morgan fingerprint density at radius 1 is 0.644 bits per heavy atom. The number of nitrogens with zero attached hydrogens (tertiary/aromatic N) is 6. The predicted molar refractivity (Wildman–Crippen MR) is 178 cm³/mol. The maximum Gasteiger partial charge on any atom is 0.290 e. The molecule has 4 aromatic heterocycles. The molecule has 0 radical (unpaired) electrons. The van der Waals surface area contributed by atoms with Crippen LogP contribution in [-0.4, -0.2) is 19.1 Å². The molecule has 0 spiro atoms. The lowest BCUT2D eigenvalue weighted by atomic mass is 10.0. The van der Waals surface area contributed by atoms with Gasteiger partial charge in [-0.3, -0.25) is 0 Å². The zero-order valence-electron chi connectivity index (χ0n) is 27.1. The van der Waals surface area contributed by atoms with E-state index in [1.807, 2.05) is 0 Å². The van der Waals surface area contributed by atoms with Crippen LogP contribution in [0.5, 0.6) is 0 Å². The summed E-state index contributed by atoms with van der Waals surface area (Å²) in [7, 11) is 6.33. The van der Waals surface area contributed by atoms with Crippen molar-refractivity contribution in [2.24, 2.45) is 21.1 Å². The van der Waals surface area contributed by atoms with Crippen LogP contribution >= 0.6 is 0 Å². The third kappa shape index (κ3) is 4.60. The van der Waals surface area contributed by atoms with Gasteiger partial charge in [-0.15, -0.1) is 0 Å². The van der Waals surface area contributed by atoms with Crippen molar-refractivity contribution in [1.29, 1.82) is 0 Å². The Kier molecular flexibility index (Phi) is 6.62. The number of para-hydroxylation sites is 4. The molecular formula is C37H38N6O2+2. The third-order valence-electron chi connectivity index (χ3n) is 8.76. The fourth-order valence-electron chi connectivity index (χ4n) is 6.63. The molecule has 0 aliphatic heterocycles. The number of rotatable bonds is 2. The van der Waals surface area contributed by atoms with E-state index < -0.39 is 0 Å². The minimum Gasteiger partial charge on any atom is -0.443 e. The quantitative estimate of drug-likeness (QED) is 0.194. The first kappa shape index (κ1) is 28.5. The van der Waals surface area contributed by atoms with Crippen molar-refractivity contribution >= 4 is 44.3 Å². The number of oxazole rings is 2. The summed E-state index contributed by atoms with van der Waals surface area (Å²) in [6.07, 6.45) is 3.00. The van der Waals surface area contributed by atoms with E-state index in [0.29, 0.717) is 0 Å². The van der Waals surface area contributed by atoms with Crippen LogP contribution < -0.4 is 9.13 Å². The number of hydrogen-bond acceptors (Lipinski definition) is 4. The summed E-state index contributed by atoms with van der Waals surface area (Å²) in [4.78, 5) is 8.61. The van der Waals surface area contributed by atoms with Crippen molar-refractivity contribution in [3.05, 3.63) is 96.7 Å². The SMILES string of the molecule is Cc1cc2ocnc2cc1-c1n(C(C)(C)C)c2ccccc2[n+]1C.Cc1cc2ocnc2cc1-c1n(C)c2ccccc2[n+]1C. The summed E-state index contributed by atoms with van der Waals surface area (Å²) in [5.74, 6) is 2.35. The first-order valence-electron chi connectivity index (χ1n) is 15.2. The van der Waals surface area contributed by atoms with Crippen LogP contribution in [0.1, 0.15) is 31.9 Å². The molecule has 0 saturated heterocycles. The van der Waals surface area contributed by atoms with Crippen LogP contribution in [0.2, 0.25) is 0 Å². The maximum absolute atomic E-state index is 5.45. The highest BCUT2D eigenvalue weighted by atomic mass is 16.3. The van der Waals surface area contributed by atoms with Crippen LogP contribution in [0.15, 0.2) is 94.4 Å². The second-order valence-corrected chi connectivity index (χ2v) is 12.8. The lowest BCUT2D eigenvalue weighted by Crippen LogP contribution is -2.33. The molecule has 45 heavy (non-hydrogen) atoms. The second kappa shape index (κ2) is 10.4. The molecule has 0 aliphatic rings. The van der Waals surface area contributed by atoms with Gasteiger partial charge in [-0.05, 0) is 94.3 Å². The normalized spacial score (nSPS) is 12.0. The summed E-state index contributed by atoms with van der Waals surface area (Å²) >= 11 is 0.